The minimum atomic E-state index is -0.0891. The molecule has 0 fully saturated rings. The van der Waals surface area contributed by atoms with Gasteiger partial charge in [-0.2, -0.15) is 21.7 Å². The molecule has 108 valence electrons. The maximum absolute atomic E-state index is 12.1. The van der Waals surface area contributed by atoms with E-state index in [1.165, 1.54) is 0 Å². The van der Waals surface area contributed by atoms with E-state index in [2.05, 4.69) is 16.5 Å². The Morgan fingerprint density at radius 2 is 2.09 bits per heavy atom. The Morgan fingerprint density at radius 3 is 2.77 bits per heavy atom. The second-order valence-electron chi connectivity index (χ2n) is 4.64. The van der Waals surface area contributed by atoms with Crippen molar-refractivity contribution in [3.63, 3.8) is 0 Å². The first kappa shape index (κ1) is 14.0. The summed E-state index contributed by atoms with van der Waals surface area (Å²) >= 11 is 1.57. The number of hydrogen-bond donors (Lipinski definition) is 1. The second-order valence-corrected chi connectivity index (χ2v) is 5.42. The Hall–Kier alpha value is -2.91. The van der Waals surface area contributed by atoms with Crippen LogP contribution in [0.3, 0.4) is 0 Å². The molecule has 1 aromatic carbocycles. The van der Waals surface area contributed by atoms with E-state index in [1.54, 1.807) is 52.5 Å². The van der Waals surface area contributed by atoms with E-state index < -0.39 is 0 Å². The fraction of sp³-hybridized carbons (Fsp3) is 0.0625. The molecule has 0 saturated heterocycles. The van der Waals surface area contributed by atoms with Crippen molar-refractivity contribution in [2.45, 2.75) is 6.42 Å². The summed E-state index contributed by atoms with van der Waals surface area (Å²) in [4.78, 5) is 12.1. The quantitative estimate of drug-likeness (QED) is 0.805. The van der Waals surface area contributed by atoms with E-state index in [-0.39, 0.29) is 5.91 Å². The molecule has 1 N–H and O–H groups in total. The molecule has 3 rings (SSSR count). The van der Waals surface area contributed by atoms with Crippen LogP contribution in [0.4, 0.5) is 5.82 Å². The van der Waals surface area contributed by atoms with Crippen LogP contribution in [0.5, 0.6) is 0 Å². The van der Waals surface area contributed by atoms with Crippen molar-refractivity contribution in [2.24, 2.45) is 0 Å². The van der Waals surface area contributed by atoms with Gasteiger partial charge in [-0.25, -0.2) is 4.68 Å². The normalized spacial score (nSPS) is 10.1. The average molecular weight is 308 g/mol. The fourth-order valence-electron chi connectivity index (χ4n) is 2.05. The van der Waals surface area contributed by atoms with E-state index in [1.807, 2.05) is 16.8 Å². The minimum absolute atomic E-state index is 0.0891. The molecule has 0 aliphatic carbocycles. The van der Waals surface area contributed by atoms with Crippen molar-refractivity contribution >= 4 is 23.1 Å². The SMILES string of the molecule is N#Cc1ccc(-n2nccc2NC(=O)Cc2ccsc2)cc1. The first-order valence-electron chi connectivity index (χ1n) is 6.62. The summed E-state index contributed by atoms with van der Waals surface area (Å²) in [7, 11) is 0. The molecule has 0 aliphatic rings. The molecule has 6 heteroatoms. The molecule has 0 aliphatic heterocycles. The highest BCUT2D eigenvalue weighted by Gasteiger charge is 2.09. The lowest BCUT2D eigenvalue weighted by atomic mass is 10.2. The standard InChI is InChI=1S/C16H12N4OS/c17-10-12-1-3-14(4-2-12)20-15(5-7-18-20)19-16(21)9-13-6-8-22-11-13/h1-8,11H,9H2,(H,19,21). The molecule has 0 radical (unpaired) electrons. The van der Waals surface area contributed by atoms with E-state index in [0.717, 1.165) is 11.3 Å². The van der Waals surface area contributed by atoms with Gasteiger partial charge in [0.05, 0.1) is 29.9 Å². The number of amides is 1. The summed E-state index contributed by atoms with van der Waals surface area (Å²) in [6, 6.07) is 12.8. The van der Waals surface area contributed by atoms with Gasteiger partial charge in [0.2, 0.25) is 5.91 Å². The molecular weight excluding hydrogens is 296 g/mol. The topological polar surface area (TPSA) is 70.7 Å². The van der Waals surface area contributed by atoms with Crippen molar-refractivity contribution in [2.75, 3.05) is 5.32 Å². The summed E-state index contributed by atoms with van der Waals surface area (Å²) in [5.74, 6) is 0.513. The van der Waals surface area contributed by atoms with Crippen molar-refractivity contribution in [1.29, 1.82) is 5.26 Å². The number of benzene rings is 1. The zero-order valence-corrected chi connectivity index (χ0v) is 12.4. The maximum Gasteiger partial charge on any atom is 0.229 e. The Bertz CT molecular complexity index is 813. The number of carbonyl (C=O) groups is 1. The Labute approximate surface area is 131 Å². The highest BCUT2D eigenvalue weighted by atomic mass is 32.1. The lowest BCUT2D eigenvalue weighted by molar-refractivity contribution is -0.115. The molecule has 0 atom stereocenters. The molecule has 0 saturated carbocycles. The van der Waals surface area contributed by atoms with Crippen LogP contribution < -0.4 is 5.32 Å². The van der Waals surface area contributed by atoms with Crippen molar-refractivity contribution in [3.05, 3.63) is 64.5 Å². The largest absolute Gasteiger partial charge is 0.310 e. The average Bonchev–Trinajstić information content (AvgIpc) is 3.19. The van der Waals surface area contributed by atoms with Crippen LogP contribution in [-0.2, 0) is 11.2 Å². The van der Waals surface area contributed by atoms with E-state index in [9.17, 15) is 4.79 Å². The van der Waals surface area contributed by atoms with Gasteiger partial charge < -0.3 is 5.32 Å². The van der Waals surface area contributed by atoms with Gasteiger partial charge in [-0.3, -0.25) is 4.79 Å². The molecule has 3 aromatic rings. The summed E-state index contributed by atoms with van der Waals surface area (Å²) in [6.45, 7) is 0. The zero-order valence-electron chi connectivity index (χ0n) is 11.6. The second kappa shape index (κ2) is 6.24. The monoisotopic (exact) mass is 308 g/mol. The first-order chi connectivity index (χ1) is 10.8. The Morgan fingerprint density at radius 1 is 1.27 bits per heavy atom. The smallest absolute Gasteiger partial charge is 0.229 e. The van der Waals surface area contributed by atoms with Gasteiger partial charge in [-0.15, -0.1) is 0 Å². The van der Waals surface area contributed by atoms with Crippen LogP contribution in [0.25, 0.3) is 5.69 Å². The number of aromatic nitrogens is 2. The van der Waals surface area contributed by atoms with Gasteiger partial charge in [-0.05, 0) is 46.7 Å². The summed E-state index contributed by atoms with van der Waals surface area (Å²) < 4.78 is 1.63. The predicted molar refractivity (Wildman–Crippen MR) is 84.9 cm³/mol. The van der Waals surface area contributed by atoms with Crippen molar-refractivity contribution in [3.8, 4) is 11.8 Å². The zero-order chi connectivity index (χ0) is 15.4. The lowest BCUT2D eigenvalue weighted by Crippen LogP contribution is -2.16. The van der Waals surface area contributed by atoms with Crippen LogP contribution in [0.15, 0.2) is 53.4 Å². The number of nitrogens with zero attached hydrogens (tertiary/aromatic N) is 3. The van der Waals surface area contributed by atoms with E-state index >= 15 is 0 Å². The third-order valence-electron chi connectivity index (χ3n) is 3.10. The highest BCUT2D eigenvalue weighted by Crippen LogP contribution is 2.16. The number of thiophene rings is 1. The van der Waals surface area contributed by atoms with E-state index in [4.69, 9.17) is 5.26 Å². The van der Waals surface area contributed by atoms with Gasteiger partial charge in [0.1, 0.15) is 5.82 Å². The van der Waals surface area contributed by atoms with E-state index in [0.29, 0.717) is 17.8 Å². The van der Waals surface area contributed by atoms with Crippen LogP contribution in [-0.4, -0.2) is 15.7 Å². The predicted octanol–water partition coefficient (Wildman–Crippen LogP) is 2.99. The van der Waals surface area contributed by atoms with Crippen LogP contribution in [0, 0.1) is 11.3 Å². The number of rotatable bonds is 4. The number of anilines is 1. The number of nitrogens with one attached hydrogen (secondary N) is 1. The molecule has 2 aromatic heterocycles. The molecule has 0 spiro atoms. The molecule has 1 amide bonds. The summed E-state index contributed by atoms with van der Waals surface area (Å²) in [5, 5.41) is 19.8. The first-order valence-corrected chi connectivity index (χ1v) is 7.56. The summed E-state index contributed by atoms with van der Waals surface area (Å²) in [6.07, 6.45) is 1.96. The van der Waals surface area contributed by atoms with Crippen LogP contribution in [0.2, 0.25) is 0 Å². The fourth-order valence-corrected chi connectivity index (χ4v) is 2.72. The number of carbonyl (C=O) groups excluding carboxylic acids is 1. The molecule has 0 bridgehead atoms. The summed E-state index contributed by atoms with van der Waals surface area (Å²) in [5.41, 5.74) is 2.36. The molecule has 5 nitrogen and oxygen atoms in total. The Balaban J connectivity index is 1.77. The molecular formula is C16H12N4OS. The van der Waals surface area contributed by atoms with Gasteiger partial charge >= 0.3 is 0 Å². The van der Waals surface area contributed by atoms with Gasteiger partial charge in [0.15, 0.2) is 0 Å². The van der Waals surface area contributed by atoms with Gasteiger partial charge in [0, 0.05) is 6.07 Å². The third kappa shape index (κ3) is 3.05. The molecule has 22 heavy (non-hydrogen) atoms. The molecule has 2 heterocycles. The lowest BCUT2D eigenvalue weighted by Gasteiger charge is -2.08. The Kier molecular flexibility index (Phi) is 3.99. The minimum Gasteiger partial charge on any atom is -0.310 e. The molecule has 0 unspecified atom stereocenters. The van der Waals surface area contributed by atoms with Gasteiger partial charge in [-0.1, -0.05) is 0 Å². The van der Waals surface area contributed by atoms with Crippen LogP contribution in [0.1, 0.15) is 11.1 Å². The van der Waals surface area contributed by atoms with Crippen LogP contribution >= 0.6 is 11.3 Å². The van der Waals surface area contributed by atoms with Gasteiger partial charge in [0.25, 0.3) is 0 Å². The number of nitriles is 1. The highest BCUT2D eigenvalue weighted by molar-refractivity contribution is 7.08. The van der Waals surface area contributed by atoms with Crippen molar-refractivity contribution < 1.29 is 4.79 Å². The third-order valence-corrected chi connectivity index (χ3v) is 3.83. The maximum atomic E-state index is 12.1. The number of hydrogen-bond acceptors (Lipinski definition) is 4. The van der Waals surface area contributed by atoms with Crippen molar-refractivity contribution in [1.82, 2.24) is 9.78 Å².